The number of hydrogen-bond acceptors (Lipinski definition) is 4. The van der Waals surface area contributed by atoms with E-state index < -0.39 is 10.0 Å². The Morgan fingerprint density at radius 1 is 1.17 bits per heavy atom. The topological polar surface area (TPSA) is 87.5 Å². The molecule has 3 heterocycles. The second-order valence-corrected chi connectivity index (χ2v) is 9.99. The Bertz CT molecular complexity index is 1220. The number of aromatic amines is 1. The quantitative estimate of drug-likeness (QED) is 0.711. The lowest BCUT2D eigenvalue weighted by Crippen LogP contribution is -2.39. The van der Waals surface area contributed by atoms with E-state index in [1.807, 2.05) is 32.0 Å². The molecular formula is C21H26N4O3S. The molecule has 3 aromatic rings. The Balaban J connectivity index is 1.68. The van der Waals surface area contributed by atoms with Gasteiger partial charge in [0.05, 0.1) is 17.1 Å². The number of nitrogens with one attached hydrogen (secondary N) is 1. The SMILES string of the molecule is CCS(=O)(=O)N1CCC(c2cc(=O)n3[nH]c(-c4cccc(C)c4)c(C)c3n2)CC1. The van der Waals surface area contributed by atoms with Crippen molar-refractivity contribution in [2.75, 3.05) is 18.8 Å². The van der Waals surface area contributed by atoms with Gasteiger partial charge in [-0.15, -0.1) is 0 Å². The molecule has 0 atom stereocenters. The molecule has 0 saturated carbocycles. The summed E-state index contributed by atoms with van der Waals surface area (Å²) in [7, 11) is -3.17. The van der Waals surface area contributed by atoms with Crippen molar-refractivity contribution >= 4 is 15.7 Å². The molecule has 1 fully saturated rings. The van der Waals surface area contributed by atoms with Gasteiger partial charge >= 0.3 is 0 Å². The summed E-state index contributed by atoms with van der Waals surface area (Å²) >= 11 is 0. The zero-order chi connectivity index (χ0) is 20.8. The molecule has 1 N–H and O–H groups in total. The smallest absolute Gasteiger partial charge is 0.272 e. The van der Waals surface area contributed by atoms with E-state index in [-0.39, 0.29) is 17.2 Å². The van der Waals surface area contributed by atoms with Gasteiger partial charge in [0.2, 0.25) is 10.0 Å². The molecule has 0 bridgehead atoms. The number of rotatable bonds is 4. The van der Waals surface area contributed by atoms with Crippen LogP contribution in [0.4, 0.5) is 0 Å². The molecule has 7 nitrogen and oxygen atoms in total. The Morgan fingerprint density at radius 3 is 2.55 bits per heavy atom. The van der Waals surface area contributed by atoms with Gasteiger partial charge in [0.1, 0.15) is 0 Å². The van der Waals surface area contributed by atoms with Crippen molar-refractivity contribution in [3.05, 3.63) is 57.5 Å². The fourth-order valence-corrected chi connectivity index (χ4v) is 5.20. The predicted molar refractivity (Wildman–Crippen MR) is 114 cm³/mol. The second kappa shape index (κ2) is 7.42. The number of sulfonamides is 1. The summed E-state index contributed by atoms with van der Waals surface area (Å²) in [5.41, 5.74) is 5.23. The molecule has 1 saturated heterocycles. The van der Waals surface area contributed by atoms with E-state index in [0.29, 0.717) is 31.6 Å². The lowest BCUT2D eigenvalue weighted by molar-refractivity contribution is 0.317. The van der Waals surface area contributed by atoms with Crippen molar-refractivity contribution in [1.29, 1.82) is 0 Å². The maximum Gasteiger partial charge on any atom is 0.272 e. The van der Waals surface area contributed by atoms with E-state index in [9.17, 15) is 13.2 Å². The van der Waals surface area contributed by atoms with Crippen molar-refractivity contribution < 1.29 is 8.42 Å². The molecule has 154 valence electrons. The largest absolute Gasteiger partial charge is 0.289 e. The lowest BCUT2D eigenvalue weighted by atomic mass is 9.94. The van der Waals surface area contributed by atoms with Crippen LogP contribution in [0.15, 0.2) is 35.1 Å². The van der Waals surface area contributed by atoms with Crippen LogP contribution in [0.2, 0.25) is 0 Å². The fraction of sp³-hybridized carbons (Fsp3) is 0.429. The van der Waals surface area contributed by atoms with Gasteiger partial charge < -0.3 is 0 Å². The van der Waals surface area contributed by atoms with Gasteiger partial charge in [0, 0.05) is 36.2 Å². The third-order valence-corrected chi connectivity index (χ3v) is 7.69. The normalized spacial score (nSPS) is 16.5. The van der Waals surface area contributed by atoms with E-state index in [1.165, 1.54) is 4.52 Å². The monoisotopic (exact) mass is 414 g/mol. The number of aromatic nitrogens is 3. The zero-order valence-electron chi connectivity index (χ0n) is 17.0. The average molecular weight is 415 g/mol. The molecule has 0 unspecified atom stereocenters. The molecule has 1 aliphatic heterocycles. The maximum atomic E-state index is 12.8. The summed E-state index contributed by atoms with van der Waals surface area (Å²) in [5, 5.41) is 3.19. The third-order valence-electron chi connectivity index (χ3n) is 5.81. The predicted octanol–water partition coefficient (Wildman–Crippen LogP) is 2.84. The Hall–Kier alpha value is -2.45. The Labute approximate surface area is 170 Å². The van der Waals surface area contributed by atoms with Crippen LogP contribution in [-0.4, -0.2) is 46.2 Å². The summed E-state index contributed by atoms with van der Waals surface area (Å²) in [6, 6.07) is 9.70. The molecule has 4 rings (SSSR count). The van der Waals surface area contributed by atoms with Crippen LogP contribution < -0.4 is 5.56 Å². The van der Waals surface area contributed by atoms with Gasteiger partial charge in [0.25, 0.3) is 5.56 Å². The third kappa shape index (κ3) is 3.62. The van der Waals surface area contributed by atoms with Gasteiger partial charge in [-0.1, -0.05) is 23.8 Å². The summed E-state index contributed by atoms with van der Waals surface area (Å²) < 4.78 is 27.2. The lowest BCUT2D eigenvalue weighted by Gasteiger charge is -2.30. The average Bonchev–Trinajstić information content (AvgIpc) is 3.05. The first-order valence-corrected chi connectivity index (χ1v) is 11.6. The first-order valence-electron chi connectivity index (χ1n) is 9.97. The number of aryl methyl sites for hydroxylation is 2. The number of benzene rings is 1. The van der Waals surface area contributed by atoms with Crippen molar-refractivity contribution in [2.24, 2.45) is 0 Å². The first kappa shape index (κ1) is 19.8. The number of nitrogens with zero attached hydrogens (tertiary/aromatic N) is 3. The molecule has 1 aliphatic rings. The molecular weight excluding hydrogens is 388 g/mol. The zero-order valence-corrected chi connectivity index (χ0v) is 17.8. The van der Waals surface area contributed by atoms with E-state index in [1.54, 1.807) is 17.3 Å². The fourth-order valence-electron chi connectivity index (χ4n) is 4.07. The van der Waals surface area contributed by atoms with Crippen molar-refractivity contribution in [1.82, 2.24) is 18.9 Å². The van der Waals surface area contributed by atoms with Crippen LogP contribution in [0.1, 0.15) is 42.5 Å². The summed E-state index contributed by atoms with van der Waals surface area (Å²) in [5.74, 6) is 0.209. The van der Waals surface area contributed by atoms with Crippen molar-refractivity contribution in [3.8, 4) is 11.3 Å². The maximum absolute atomic E-state index is 12.8. The minimum Gasteiger partial charge on any atom is -0.289 e. The van der Waals surface area contributed by atoms with E-state index in [4.69, 9.17) is 4.98 Å². The Kier molecular flexibility index (Phi) is 5.08. The summed E-state index contributed by atoms with van der Waals surface area (Å²) in [4.78, 5) is 17.6. The highest BCUT2D eigenvalue weighted by Gasteiger charge is 2.28. The molecule has 0 spiro atoms. The number of H-pyrrole nitrogens is 1. The van der Waals surface area contributed by atoms with Crippen molar-refractivity contribution in [3.63, 3.8) is 0 Å². The van der Waals surface area contributed by atoms with Crippen LogP contribution >= 0.6 is 0 Å². The molecule has 1 aromatic carbocycles. The minimum atomic E-state index is -3.17. The highest BCUT2D eigenvalue weighted by Crippen LogP contribution is 2.29. The van der Waals surface area contributed by atoms with Gasteiger partial charge in [-0.05, 0) is 39.7 Å². The molecule has 2 aromatic heterocycles. The second-order valence-electron chi connectivity index (χ2n) is 7.73. The number of hydrogen-bond donors (Lipinski definition) is 1. The van der Waals surface area contributed by atoms with Crippen LogP contribution in [-0.2, 0) is 10.0 Å². The molecule has 29 heavy (non-hydrogen) atoms. The number of fused-ring (bicyclic) bond motifs is 1. The Morgan fingerprint density at radius 2 is 1.90 bits per heavy atom. The van der Waals surface area contributed by atoms with E-state index in [2.05, 4.69) is 11.2 Å². The van der Waals surface area contributed by atoms with E-state index in [0.717, 1.165) is 28.1 Å². The minimum absolute atomic E-state index is 0.0905. The molecule has 0 aliphatic carbocycles. The van der Waals surface area contributed by atoms with Crippen LogP contribution in [0.25, 0.3) is 16.9 Å². The van der Waals surface area contributed by atoms with Gasteiger partial charge in [-0.25, -0.2) is 22.2 Å². The summed E-state index contributed by atoms with van der Waals surface area (Å²) in [6.45, 7) is 6.62. The molecule has 0 radical (unpaired) electrons. The van der Waals surface area contributed by atoms with E-state index >= 15 is 0 Å². The standard InChI is InChI=1S/C21H26N4O3S/c1-4-29(27,28)24-10-8-16(9-11-24)18-13-19(26)25-21(22-18)15(3)20(23-25)17-7-5-6-14(2)12-17/h5-7,12-13,16,23H,4,8-11H2,1-3H3. The van der Waals surface area contributed by atoms with Gasteiger partial charge in [-0.2, -0.15) is 0 Å². The van der Waals surface area contributed by atoms with Gasteiger partial charge in [0.15, 0.2) is 5.65 Å². The van der Waals surface area contributed by atoms with Crippen LogP contribution in [0, 0.1) is 13.8 Å². The molecule has 0 amide bonds. The van der Waals surface area contributed by atoms with Crippen LogP contribution in [0.5, 0.6) is 0 Å². The highest BCUT2D eigenvalue weighted by molar-refractivity contribution is 7.89. The summed E-state index contributed by atoms with van der Waals surface area (Å²) in [6.07, 6.45) is 1.35. The number of piperidine rings is 1. The van der Waals surface area contributed by atoms with Crippen LogP contribution in [0.3, 0.4) is 0 Å². The van der Waals surface area contributed by atoms with Crippen molar-refractivity contribution in [2.45, 2.75) is 39.5 Å². The highest BCUT2D eigenvalue weighted by atomic mass is 32.2. The molecule has 8 heteroatoms. The van der Waals surface area contributed by atoms with Gasteiger partial charge in [-0.3, -0.25) is 9.89 Å². The first-order chi connectivity index (χ1) is 13.8.